The molecule has 0 saturated heterocycles. The Bertz CT molecular complexity index is 1530. The second-order valence-electron chi connectivity index (χ2n) is 12.9. The van der Waals surface area contributed by atoms with Crippen LogP contribution in [0.25, 0.3) is 0 Å². The van der Waals surface area contributed by atoms with Gasteiger partial charge < -0.3 is 14.9 Å². The number of aryl methyl sites for hydroxylation is 1. The number of fused-ring (bicyclic) bond motifs is 1. The van der Waals surface area contributed by atoms with Crippen molar-refractivity contribution in [3.63, 3.8) is 0 Å². The molecule has 2 heterocycles. The molecule has 7 nitrogen and oxygen atoms in total. The number of aliphatic hydroxyl groups is 1. The van der Waals surface area contributed by atoms with E-state index in [1.807, 2.05) is 6.92 Å². The number of alkyl halides is 9. The normalized spacial score (nSPS) is 22.8. The number of nitrogens with zero attached hydrogens (tertiary/aromatic N) is 6. The second kappa shape index (κ2) is 13.4. The van der Waals surface area contributed by atoms with E-state index in [2.05, 4.69) is 20.3 Å². The molecule has 16 heteroatoms. The van der Waals surface area contributed by atoms with Crippen molar-refractivity contribution in [1.29, 1.82) is 0 Å². The number of tetrazole rings is 1. The molecule has 3 atom stereocenters. The topological polar surface area (TPSA) is 70.3 Å². The van der Waals surface area contributed by atoms with Gasteiger partial charge in [-0.25, -0.2) is 0 Å². The minimum absolute atomic E-state index is 0.0274. The van der Waals surface area contributed by atoms with Gasteiger partial charge in [-0.3, -0.25) is 0 Å². The van der Waals surface area contributed by atoms with E-state index in [-0.39, 0.29) is 47.4 Å². The molecule has 1 aromatic heterocycles. The summed E-state index contributed by atoms with van der Waals surface area (Å²) in [6.07, 6.45) is -11.3. The van der Waals surface area contributed by atoms with Crippen molar-refractivity contribution in [3.05, 3.63) is 64.2 Å². The molecule has 1 saturated carbocycles. The molecular weight excluding hydrogens is 655 g/mol. The smallest absolute Gasteiger partial charge is 0.393 e. The largest absolute Gasteiger partial charge is 0.416 e. The highest BCUT2D eigenvalue weighted by molar-refractivity contribution is 5.62. The highest BCUT2D eigenvalue weighted by Crippen LogP contribution is 2.47. The lowest BCUT2D eigenvalue weighted by Crippen LogP contribution is -2.47. The van der Waals surface area contributed by atoms with Gasteiger partial charge in [-0.1, -0.05) is 12.0 Å². The van der Waals surface area contributed by atoms with Gasteiger partial charge in [-0.2, -0.15) is 44.3 Å². The van der Waals surface area contributed by atoms with Crippen LogP contribution >= 0.6 is 0 Å². The maximum Gasteiger partial charge on any atom is 0.416 e. The maximum absolute atomic E-state index is 14.1. The lowest BCUT2D eigenvalue weighted by Gasteiger charge is -2.47. The molecule has 5 rings (SSSR count). The first-order valence-corrected chi connectivity index (χ1v) is 15.8. The first-order chi connectivity index (χ1) is 22.3. The van der Waals surface area contributed by atoms with Crippen LogP contribution in [0.1, 0.15) is 86.2 Å². The Labute approximate surface area is 271 Å². The third-order valence-corrected chi connectivity index (χ3v) is 9.59. The molecular formula is C32H37F9N6O. The molecule has 1 N–H and O–H groups in total. The van der Waals surface area contributed by atoms with Crippen LogP contribution < -0.4 is 9.80 Å². The van der Waals surface area contributed by atoms with Crippen LogP contribution in [0.2, 0.25) is 0 Å². The number of hydrogen-bond acceptors (Lipinski definition) is 6. The zero-order valence-corrected chi connectivity index (χ0v) is 26.5. The van der Waals surface area contributed by atoms with E-state index >= 15 is 0 Å². The van der Waals surface area contributed by atoms with Gasteiger partial charge >= 0.3 is 18.5 Å². The van der Waals surface area contributed by atoms with Gasteiger partial charge in [0.25, 0.3) is 5.95 Å². The number of aliphatic hydroxyl groups excluding tert-OH is 1. The van der Waals surface area contributed by atoms with E-state index in [0.717, 1.165) is 42.6 Å². The maximum atomic E-state index is 14.1. The molecule has 3 aromatic rings. The molecule has 0 spiro atoms. The molecule has 1 aliphatic heterocycles. The van der Waals surface area contributed by atoms with Crippen molar-refractivity contribution in [2.75, 3.05) is 16.3 Å². The Morgan fingerprint density at radius 3 is 1.98 bits per heavy atom. The van der Waals surface area contributed by atoms with Gasteiger partial charge in [0.2, 0.25) is 0 Å². The molecule has 2 aliphatic rings. The van der Waals surface area contributed by atoms with Crippen molar-refractivity contribution in [1.82, 2.24) is 20.2 Å². The Kier molecular flexibility index (Phi) is 9.97. The Hall–Kier alpha value is -3.56. The molecule has 1 aliphatic carbocycles. The van der Waals surface area contributed by atoms with E-state index in [0.29, 0.717) is 30.8 Å². The molecule has 0 radical (unpaired) electrons. The van der Waals surface area contributed by atoms with Gasteiger partial charge in [0.15, 0.2) is 0 Å². The van der Waals surface area contributed by atoms with Crippen molar-refractivity contribution >= 4 is 11.6 Å². The Morgan fingerprint density at radius 2 is 1.48 bits per heavy atom. The van der Waals surface area contributed by atoms with Crippen LogP contribution in [0.3, 0.4) is 0 Å². The van der Waals surface area contributed by atoms with E-state index in [1.54, 1.807) is 6.92 Å². The second-order valence-corrected chi connectivity index (χ2v) is 12.9. The summed E-state index contributed by atoms with van der Waals surface area (Å²) >= 11 is 0. The summed E-state index contributed by atoms with van der Waals surface area (Å²) in [5, 5.41) is 22.0. The van der Waals surface area contributed by atoms with Crippen LogP contribution in [0.5, 0.6) is 0 Å². The summed E-state index contributed by atoms with van der Waals surface area (Å²) in [5.74, 6) is 0.235. The predicted molar refractivity (Wildman–Crippen MR) is 159 cm³/mol. The number of halogens is 9. The summed E-state index contributed by atoms with van der Waals surface area (Å²) in [6.45, 7) is 3.65. The van der Waals surface area contributed by atoms with Crippen LogP contribution in [0.4, 0.5) is 51.1 Å². The summed E-state index contributed by atoms with van der Waals surface area (Å²) in [5.41, 5.74) is -3.62. The number of anilines is 2. The number of rotatable bonds is 8. The summed E-state index contributed by atoms with van der Waals surface area (Å²) in [6, 6.07) is 3.41. The van der Waals surface area contributed by atoms with Gasteiger partial charge in [-0.05, 0) is 110 Å². The summed E-state index contributed by atoms with van der Waals surface area (Å²) in [7, 11) is 1.42. The third kappa shape index (κ3) is 7.84. The number of aromatic nitrogens is 4. The van der Waals surface area contributed by atoms with Gasteiger partial charge in [0.05, 0.1) is 35.9 Å². The van der Waals surface area contributed by atoms with E-state index < -0.39 is 53.9 Å². The van der Waals surface area contributed by atoms with E-state index in [9.17, 15) is 44.6 Å². The van der Waals surface area contributed by atoms with Gasteiger partial charge in [0.1, 0.15) is 0 Å². The van der Waals surface area contributed by atoms with Crippen LogP contribution in [-0.4, -0.2) is 44.0 Å². The fourth-order valence-corrected chi connectivity index (χ4v) is 7.05. The fraction of sp³-hybridized carbons (Fsp3) is 0.594. The van der Waals surface area contributed by atoms with Gasteiger partial charge in [0, 0.05) is 24.8 Å². The highest BCUT2D eigenvalue weighted by atomic mass is 19.4. The third-order valence-electron chi connectivity index (χ3n) is 9.59. The highest BCUT2D eigenvalue weighted by Gasteiger charge is 2.42. The van der Waals surface area contributed by atoms with Crippen molar-refractivity contribution < 1.29 is 44.6 Å². The van der Waals surface area contributed by atoms with Crippen molar-refractivity contribution in [2.45, 2.75) is 95.6 Å². The zero-order chi connectivity index (χ0) is 35.2. The van der Waals surface area contributed by atoms with Gasteiger partial charge in [-0.15, -0.1) is 5.10 Å². The van der Waals surface area contributed by atoms with Crippen LogP contribution in [-0.2, 0) is 32.1 Å². The molecule has 0 bridgehead atoms. The number of benzene rings is 2. The molecule has 0 amide bonds. The monoisotopic (exact) mass is 692 g/mol. The average Bonchev–Trinajstić information content (AvgIpc) is 3.44. The van der Waals surface area contributed by atoms with E-state index in [1.165, 1.54) is 18.0 Å². The molecule has 2 aromatic carbocycles. The minimum Gasteiger partial charge on any atom is -0.393 e. The predicted octanol–water partition coefficient (Wildman–Crippen LogP) is 8.19. The van der Waals surface area contributed by atoms with Crippen molar-refractivity contribution in [3.8, 4) is 0 Å². The van der Waals surface area contributed by atoms with Crippen molar-refractivity contribution in [2.24, 2.45) is 18.9 Å². The summed E-state index contributed by atoms with van der Waals surface area (Å²) in [4.78, 5) is 4.47. The van der Waals surface area contributed by atoms with E-state index in [4.69, 9.17) is 0 Å². The molecule has 1 unspecified atom stereocenters. The van der Waals surface area contributed by atoms with Crippen LogP contribution in [0.15, 0.2) is 36.4 Å². The SMILES string of the molecule is CCC1C[C@H](N(Cc2cc(C(F)(F)F)cc(C(F)(F)F)c2)c2nnn(C)n2)c2cc(C(F)(F)F)ccc2N1CC1CCC([C@@H](C)O)CC1. The minimum atomic E-state index is -5.09. The fourth-order valence-electron chi connectivity index (χ4n) is 7.05. The molecule has 264 valence electrons. The Balaban J connectivity index is 1.60. The summed E-state index contributed by atoms with van der Waals surface area (Å²) < 4.78 is 125. The zero-order valence-electron chi connectivity index (χ0n) is 26.5. The first-order valence-electron chi connectivity index (χ1n) is 15.8. The lowest BCUT2D eigenvalue weighted by atomic mass is 9.78. The molecule has 48 heavy (non-hydrogen) atoms. The average molecular weight is 693 g/mol. The van der Waals surface area contributed by atoms with Crippen LogP contribution in [0, 0.1) is 11.8 Å². The standard InChI is InChI=1S/C32H37F9N6O/c1-4-25-15-28(26-14-22(30(33,34)35)9-10-27(26)46(25)16-19-5-7-21(8-6-19)18(2)48)47(29-42-44-45(3)43-29)17-20-11-23(31(36,37)38)13-24(12-20)32(39,40)41/h9-14,18-19,21,25,28,48H,4-8,15-17H2,1-3H3/t18-,19?,21?,25?,28+/m1/s1. The quantitative estimate of drug-likeness (QED) is 0.240. The number of hydrogen-bond donors (Lipinski definition) is 1. The Morgan fingerprint density at radius 1 is 0.875 bits per heavy atom. The first kappa shape index (κ1) is 35.7. The molecule has 1 fully saturated rings. The lowest BCUT2D eigenvalue weighted by molar-refractivity contribution is -0.143.